The summed E-state index contributed by atoms with van der Waals surface area (Å²) in [5.74, 6) is -0.441. The normalized spacial score (nSPS) is 28.6. The maximum absolute atomic E-state index is 13.8. The van der Waals surface area contributed by atoms with Gasteiger partial charge in [-0.1, -0.05) is 6.07 Å². The second-order valence-electron chi connectivity index (χ2n) is 6.28. The van der Waals surface area contributed by atoms with Crippen molar-refractivity contribution in [3.63, 3.8) is 0 Å². The first-order valence-electron chi connectivity index (χ1n) is 7.49. The maximum atomic E-state index is 13.8. The molecule has 3 rings (SSSR count). The number of carbonyl (C=O) groups is 1. The smallest absolute Gasteiger partial charge is 0.237 e. The molecule has 2 unspecified atom stereocenters. The summed E-state index contributed by atoms with van der Waals surface area (Å²) in [6, 6.07) is 5.20. The molecule has 21 heavy (non-hydrogen) atoms. The van der Waals surface area contributed by atoms with E-state index in [4.69, 9.17) is 10.5 Å². The zero-order valence-corrected chi connectivity index (χ0v) is 12.2. The minimum absolute atomic E-state index is 0.181. The fourth-order valence-corrected chi connectivity index (χ4v) is 3.03. The Morgan fingerprint density at radius 2 is 2.19 bits per heavy atom. The summed E-state index contributed by atoms with van der Waals surface area (Å²) < 4.78 is 19.5. The van der Waals surface area contributed by atoms with Crippen molar-refractivity contribution in [3.05, 3.63) is 29.6 Å². The summed E-state index contributed by atoms with van der Waals surface area (Å²) in [6.45, 7) is 1.89. The van der Waals surface area contributed by atoms with Gasteiger partial charge >= 0.3 is 0 Å². The number of nitrogens with two attached hydrogens (primary N) is 1. The van der Waals surface area contributed by atoms with Crippen molar-refractivity contribution in [3.8, 4) is 5.75 Å². The summed E-state index contributed by atoms with van der Waals surface area (Å²) in [5, 5.41) is 3.36. The average molecular weight is 292 g/mol. The van der Waals surface area contributed by atoms with Crippen molar-refractivity contribution >= 4 is 5.91 Å². The van der Waals surface area contributed by atoms with E-state index < -0.39 is 5.54 Å². The summed E-state index contributed by atoms with van der Waals surface area (Å²) in [4.78, 5) is 11.8. The number of carbonyl (C=O) groups excluding carboxylic acids is 1. The molecule has 2 fully saturated rings. The zero-order chi connectivity index (χ0) is 15.0. The molecule has 0 spiro atoms. The molecular formula is C16H21FN2O2. The van der Waals surface area contributed by atoms with Crippen molar-refractivity contribution in [2.24, 2.45) is 5.73 Å². The third kappa shape index (κ3) is 3.02. The first kappa shape index (κ1) is 14.3. The van der Waals surface area contributed by atoms with E-state index in [2.05, 4.69) is 5.32 Å². The van der Waals surface area contributed by atoms with E-state index in [-0.39, 0.29) is 23.6 Å². The second-order valence-corrected chi connectivity index (χ2v) is 6.28. The fraction of sp³-hybridized carbons (Fsp3) is 0.562. The molecule has 0 aliphatic heterocycles. The molecule has 0 saturated heterocycles. The van der Waals surface area contributed by atoms with Gasteiger partial charge in [-0.25, -0.2) is 4.39 Å². The Morgan fingerprint density at radius 1 is 1.43 bits per heavy atom. The number of rotatable bonds is 5. The van der Waals surface area contributed by atoms with Gasteiger partial charge in [0.05, 0.1) is 0 Å². The van der Waals surface area contributed by atoms with Gasteiger partial charge in [0.1, 0.15) is 11.6 Å². The molecule has 0 aromatic heterocycles. The SMILES string of the molecule is Cc1ccc(F)c(OC2CCC(NC3CC3)(C(N)=O)C2)c1. The molecule has 0 heterocycles. The lowest BCUT2D eigenvalue weighted by atomic mass is 9.96. The van der Waals surface area contributed by atoms with Crippen molar-refractivity contribution < 1.29 is 13.9 Å². The van der Waals surface area contributed by atoms with Crippen LogP contribution < -0.4 is 15.8 Å². The molecule has 114 valence electrons. The number of ether oxygens (including phenoxy) is 1. The predicted octanol–water partition coefficient (Wildman–Crippen LogP) is 2.04. The van der Waals surface area contributed by atoms with Crippen LogP contribution in [0.2, 0.25) is 0 Å². The van der Waals surface area contributed by atoms with Gasteiger partial charge in [-0.2, -0.15) is 0 Å². The molecule has 1 aromatic carbocycles. The molecule has 2 aliphatic carbocycles. The van der Waals surface area contributed by atoms with Gasteiger partial charge in [-0.15, -0.1) is 0 Å². The molecule has 0 bridgehead atoms. The van der Waals surface area contributed by atoms with E-state index in [0.717, 1.165) is 18.4 Å². The number of primary amides is 1. The quantitative estimate of drug-likeness (QED) is 0.873. The molecule has 2 aliphatic rings. The number of benzene rings is 1. The first-order chi connectivity index (χ1) is 9.98. The van der Waals surface area contributed by atoms with Crippen molar-refractivity contribution in [1.29, 1.82) is 0 Å². The minimum Gasteiger partial charge on any atom is -0.487 e. The number of amides is 1. The highest BCUT2D eigenvalue weighted by Crippen LogP contribution is 2.36. The molecule has 1 amide bonds. The summed E-state index contributed by atoms with van der Waals surface area (Å²) >= 11 is 0. The standard InChI is InChI=1S/C16H21FN2O2/c1-10-2-5-13(17)14(8-10)21-12-6-7-16(9-12,15(18)20)19-11-3-4-11/h2,5,8,11-12,19H,3-4,6-7,9H2,1H3,(H2,18,20). The number of halogens is 1. The van der Waals surface area contributed by atoms with E-state index >= 15 is 0 Å². The first-order valence-corrected chi connectivity index (χ1v) is 7.49. The Bertz CT molecular complexity index is 559. The minimum atomic E-state index is -0.688. The second kappa shape index (κ2) is 5.30. The molecule has 1 aromatic rings. The lowest BCUT2D eigenvalue weighted by Gasteiger charge is -2.27. The molecule has 5 heteroatoms. The number of aryl methyl sites for hydroxylation is 1. The predicted molar refractivity (Wildman–Crippen MR) is 77.5 cm³/mol. The Balaban J connectivity index is 1.70. The Kier molecular flexibility index (Phi) is 3.61. The van der Waals surface area contributed by atoms with Crippen molar-refractivity contribution in [1.82, 2.24) is 5.32 Å². The lowest BCUT2D eigenvalue weighted by Crippen LogP contribution is -2.55. The van der Waals surface area contributed by atoms with Gasteiger partial charge in [0, 0.05) is 12.5 Å². The van der Waals surface area contributed by atoms with E-state index in [9.17, 15) is 9.18 Å². The van der Waals surface area contributed by atoms with Crippen LogP contribution in [0.4, 0.5) is 4.39 Å². The van der Waals surface area contributed by atoms with Gasteiger partial charge in [-0.3, -0.25) is 4.79 Å². The monoisotopic (exact) mass is 292 g/mol. The third-order valence-electron chi connectivity index (χ3n) is 4.38. The van der Waals surface area contributed by atoms with E-state index in [1.807, 2.05) is 6.92 Å². The summed E-state index contributed by atoms with van der Waals surface area (Å²) in [5.41, 5.74) is 5.84. The van der Waals surface area contributed by atoms with Crippen LogP contribution in [0.3, 0.4) is 0 Å². The van der Waals surface area contributed by atoms with E-state index in [1.165, 1.54) is 6.07 Å². The Labute approximate surface area is 123 Å². The van der Waals surface area contributed by atoms with Crippen LogP contribution >= 0.6 is 0 Å². The lowest BCUT2D eigenvalue weighted by molar-refractivity contribution is -0.124. The van der Waals surface area contributed by atoms with Crippen LogP contribution in [0.15, 0.2) is 18.2 Å². The Morgan fingerprint density at radius 3 is 2.86 bits per heavy atom. The maximum Gasteiger partial charge on any atom is 0.237 e. The van der Waals surface area contributed by atoms with Crippen LogP contribution in [-0.4, -0.2) is 23.6 Å². The molecule has 4 nitrogen and oxygen atoms in total. The van der Waals surface area contributed by atoms with Crippen LogP contribution in [0.25, 0.3) is 0 Å². The largest absolute Gasteiger partial charge is 0.487 e. The summed E-state index contributed by atoms with van der Waals surface area (Å²) in [6.07, 6.45) is 3.86. The van der Waals surface area contributed by atoms with Crippen LogP contribution in [-0.2, 0) is 4.79 Å². The van der Waals surface area contributed by atoms with Crippen LogP contribution in [0.5, 0.6) is 5.75 Å². The Hall–Kier alpha value is -1.62. The van der Waals surface area contributed by atoms with Crippen molar-refractivity contribution in [2.75, 3.05) is 0 Å². The van der Waals surface area contributed by atoms with Gasteiger partial charge in [-0.05, 0) is 50.3 Å². The number of nitrogens with one attached hydrogen (secondary N) is 1. The van der Waals surface area contributed by atoms with Gasteiger partial charge in [0.2, 0.25) is 5.91 Å². The highest BCUT2D eigenvalue weighted by Gasteiger charge is 2.47. The highest BCUT2D eigenvalue weighted by atomic mass is 19.1. The molecule has 0 radical (unpaired) electrons. The summed E-state index contributed by atoms with van der Waals surface area (Å²) in [7, 11) is 0. The van der Waals surface area contributed by atoms with E-state index in [1.54, 1.807) is 12.1 Å². The van der Waals surface area contributed by atoms with Gasteiger partial charge in [0.15, 0.2) is 11.6 Å². The van der Waals surface area contributed by atoms with Gasteiger partial charge < -0.3 is 15.8 Å². The van der Waals surface area contributed by atoms with Gasteiger partial charge in [0.25, 0.3) is 0 Å². The average Bonchev–Trinajstić information content (AvgIpc) is 3.14. The number of hydrogen-bond donors (Lipinski definition) is 2. The molecule has 2 atom stereocenters. The molecule has 2 saturated carbocycles. The van der Waals surface area contributed by atoms with E-state index in [0.29, 0.717) is 25.3 Å². The zero-order valence-electron chi connectivity index (χ0n) is 12.2. The topological polar surface area (TPSA) is 64.3 Å². The van der Waals surface area contributed by atoms with Crippen LogP contribution in [0, 0.1) is 12.7 Å². The van der Waals surface area contributed by atoms with Crippen LogP contribution in [0.1, 0.15) is 37.7 Å². The third-order valence-corrected chi connectivity index (χ3v) is 4.38. The fourth-order valence-electron chi connectivity index (χ4n) is 3.03. The highest BCUT2D eigenvalue weighted by molar-refractivity contribution is 5.85. The molecule has 3 N–H and O–H groups in total. The molecular weight excluding hydrogens is 271 g/mol. The number of hydrogen-bond acceptors (Lipinski definition) is 3. The van der Waals surface area contributed by atoms with Crippen molar-refractivity contribution in [2.45, 2.75) is 56.7 Å².